The van der Waals surface area contributed by atoms with Gasteiger partial charge in [0.2, 0.25) is 0 Å². The zero-order valence-electron chi connectivity index (χ0n) is 16.4. The number of likely N-dealkylation sites (tertiary alicyclic amines) is 1. The Kier molecular flexibility index (Phi) is 7.06. The maximum Gasteiger partial charge on any atom is 0.178 e. The van der Waals surface area contributed by atoms with Gasteiger partial charge in [-0.2, -0.15) is 0 Å². The number of Topliss-reactive ketones (excluding diaryl/α,β-unsaturated/α-hetero) is 1. The van der Waals surface area contributed by atoms with Gasteiger partial charge in [0.1, 0.15) is 5.76 Å². The molecule has 0 spiro atoms. The van der Waals surface area contributed by atoms with Crippen molar-refractivity contribution in [2.24, 2.45) is 0 Å². The van der Waals surface area contributed by atoms with Crippen molar-refractivity contribution in [3.05, 3.63) is 40.9 Å². The van der Waals surface area contributed by atoms with Gasteiger partial charge in [0.25, 0.3) is 0 Å². The van der Waals surface area contributed by atoms with E-state index >= 15 is 0 Å². The highest BCUT2D eigenvalue weighted by molar-refractivity contribution is 5.99. The third kappa shape index (κ3) is 4.63. The Hall–Kier alpha value is -1.81. The predicted octanol–water partition coefficient (Wildman–Crippen LogP) is 4.57. The third-order valence-electron chi connectivity index (χ3n) is 4.90. The number of ketones is 1. The molecule has 2 heterocycles. The zero-order chi connectivity index (χ0) is 18.4. The molecule has 1 aromatic heterocycles. The summed E-state index contributed by atoms with van der Waals surface area (Å²) in [6, 6.07) is 2.03. The SMILES string of the molecule is CC/C=C(\C=C(/CC)n1c(C)cc(C(=O)CN2CCCC2)c1C)OC. The van der Waals surface area contributed by atoms with Crippen molar-refractivity contribution in [2.45, 2.75) is 53.4 Å². The van der Waals surface area contributed by atoms with Gasteiger partial charge < -0.3 is 9.30 Å². The summed E-state index contributed by atoms with van der Waals surface area (Å²) in [4.78, 5) is 15.0. The van der Waals surface area contributed by atoms with Gasteiger partial charge in [-0.1, -0.05) is 13.8 Å². The van der Waals surface area contributed by atoms with Crippen LogP contribution in [0.25, 0.3) is 5.70 Å². The highest BCUT2D eigenvalue weighted by atomic mass is 16.5. The van der Waals surface area contributed by atoms with Crippen LogP contribution in [-0.2, 0) is 4.74 Å². The molecule has 0 atom stereocenters. The molecule has 138 valence electrons. The topological polar surface area (TPSA) is 34.5 Å². The molecule has 4 nitrogen and oxygen atoms in total. The van der Waals surface area contributed by atoms with Gasteiger partial charge in [-0.05, 0) is 70.8 Å². The third-order valence-corrected chi connectivity index (χ3v) is 4.90. The largest absolute Gasteiger partial charge is 0.497 e. The summed E-state index contributed by atoms with van der Waals surface area (Å²) < 4.78 is 7.66. The lowest BCUT2D eigenvalue weighted by molar-refractivity contribution is 0.0944. The van der Waals surface area contributed by atoms with Crippen molar-refractivity contribution in [3.63, 3.8) is 0 Å². The van der Waals surface area contributed by atoms with E-state index in [0.29, 0.717) is 6.54 Å². The van der Waals surface area contributed by atoms with Crippen molar-refractivity contribution in [1.29, 1.82) is 0 Å². The fraction of sp³-hybridized carbons (Fsp3) is 0.571. The van der Waals surface area contributed by atoms with Crippen molar-refractivity contribution >= 4 is 11.5 Å². The lowest BCUT2D eigenvalue weighted by Crippen LogP contribution is -2.27. The lowest BCUT2D eigenvalue weighted by atomic mass is 10.1. The van der Waals surface area contributed by atoms with Crippen LogP contribution < -0.4 is 0 Å². The molecule has 0 amide bonds. The molecule has 0 unspecified atom stereocenters. The van der Waals surface area contributed by atoms with Crippen LogP contribution in [0.15, 0.2) is 24.0 Å². The van der Waals surface area contributed by atoms with Crippen LogP contribution >= 0.6 is 0 Å². The molecule has 1 aliphatic rings. The van der Waals surface area contributed by atoms with Crippen LogP contribution in [0.2, 0.25) is 0 Å². The van der Waals surface area contributed by atoms with Crippen molar-refractivity contribution in [3.8, 4) is 0 Å². The molecule has 2 rings (SSSR count). The minimum Gasteiger partial charge on any atom is -0.497 e. The number of rotatable bonds is 8. The average Bonchev–Trinajstić information content (AvgIpc) is 3.20. The Morgan fingerprint density at radius 2 is 1.92 bits per heavy atom. The van der Waals surface area contributed by atoms with E-state index in [2.05, 4.69) is 42.4 Å². The Labute approximate surface area is 152 Å². The summed E-state index contributed by atoms with van der Waals surface area (Å²) in [6.45, 7) is 11.0. The minimum absolute atomic E-state index is 0.229. The molecule has 4 heteroatoms. The van der Waals surface area contributed by atoms with E-state index in [1.54, 1.807) is 7.11 Å². The standard InChI is InChI=1S/C21H32N2O2/c1-6-10-19(25-5)14-18(7-2)23-16(3)13-20(17(23)4)21(24)15-22-11-8-9-12-22/h10,13-14H,6-9,11-12,15H2,1-5H3/b18-14+,19-10+. The molecule has 0 N–H and O–H groups in total. The van der Waals surface area contributed by atoms with Gasteiger partial charge in [0, 0.05) is 22.6 Å². The Morgan fingerprint density at radius 3 is 2.48 bits per heavy atom. The Bertz CT molecular complexity index is 662. The van der Waals surface area contributed by atoms with Crippen LogP contribution in [0.5, 0.6) is 0 Å². The van der Waals surface area contributed by atoms with E-state index in [1.165, 1.54) is 12.8 Å². The highest BCUT2D eigenvalue weighted by Crippen LogP contribution is 2.24. The van der Waals surface area contributed by atoms with Crippen LogP contribution in [0, 0.1) is 13.8 Å². The Morgan fingerprint density at radius 1 is 1.24 bits per heavy atom. The summed E-state index contributed by atoms with van der Waals surface area (Å²) in [5.74, 6) is 1.10. The molecule has 1 aromatic rings. The van der Waals surface area contributed by atoms with Gasteiger partial charge in [0.05, 0.1) is 13.7 Å². The molecule has 25 heavy (non-hydrogen) atoms. The average molecular weight is 344 g/mol. The van der Waals surface area contributed by atoms with E-state index in [-0.39, 0.29) is 5.78 Å². The molecule has 1 saturated heterocycles. The number of carbonyl (C=O) groups is 1. The number of carbonyl (C=O) groups excluding carboxylic acids is 1. The number of ether oxygens (including phenoxy) is 1. The van der Waals surface area contributed by atoms with Gasteiger partial charge in [-0.15, -0.1) is 0 Å². The fourth-order valence-corrected chi connectivity index (χ4v) is 3.61. The first-order valence-electron chi connectivity index (χ1n) is 9.41. The highest BCUT2D eigenvalue weighted by Gasteiger charge is 2.21. The van der Waals surface area contributed by atoms with E-state index in [0.717, 1.165) is 54.3 Å². The van der Waals surface area contributed by atoms with Crippen LogP contribution in [0.3, 0.4) is 0 Å². The summed E-state index contributed by atoms with van der Waals surface area (Å²) in [5.41, 5.74) is 4.13. The molecule has 0 bridgehead atoms. The number of hydrogen-bond donors (Lipinski definition) is 0. The Balaban J connectivity index is 2.32. The number of hydrogen-bond acceptors (Lipinski definition) is 3. The van der Waals surface area contributed by atoms with Crippen molar-refractivity contribution in [1.82, 2.24) is 9.47 Å². The fourth-order valence-electron chi connectivity index (χ4n) is 3.61. The van der Waals surface area contributed by atoms with Gasteiger partial charge in [-0.3, -0.25) is 9.69 Å². The first kappa shape index (κ1) is 19.5. The quantitative estimate of drug-likeness (QED) is 0.393. The maximum atomic E-state index is 12.8. The second kappa shape index (κ2) is 9.04. The molecule has 0 radical (unpaired) electrons. The second-order valence-electron chi connectivity index (χ2n) is 6.73. The van der Waals surface area contributed by atoms with E-state index < -0.39 is 0 Å². The summed E-state index contributed by atoms with van der Waals surface area (Å²) in [5, 5.41) is 0. The van der Waals surface area contributed by atoms with Gasteiger partial charge >= 0.3 is 0 Å². The molecule has 1 aliphatic heterocycles. The molecule has 1 fully saturated rings. The summed E-state index contributed by atoms with van der Waals surface area (Å²) in [6.07, 6.45) is 8.37. The normalized spacial score (nSPS) is 16.5. The first-order chi connectivity index (χ1) is 12.0. The smallest absolute Gasteiger partial charge is 0.178 e. The lowest BCUT2D eigenvalue weighted by Gasteiger charge is -2.15. The van der Waals surface area contributed by atoms with E-state index in [4.69, 9.17) is 4.74 Å². The van der Waals surface area contributed by atoms with Crippen LogP contribution in [0.1, 0.15) is 61.3 Å². The van der Waals surface area contributed by atoms with Crippen molar-refractivity contribution in [2.75, 3.05) is 26.7 Å². The van der Waals surface area contributed by atoms with E-state index in [9.17, 15) is 4.79 Å². The number of aryl methyl sites for hydroxylation is 1. The monoisotopic (exact) mass is 344 g/mol. The van der Waals surface area contributed by atoms with Gasteiger partial charge in [0.15, 0.2) is 5.78 Å². The number of nitrogens with zero attached hydrogens (tertiary/aromatic N) is 2. The molecular formula is C21H32N2O2. The minimum atomic E-state index is 0.229. The predicted molar refractivity (Wildman–Crippen MR) is 104 cm³/mol. The molecular weight excluding hydrogens is 312 g/mol. The molecule has 0 saturated carbocycles. The number of allylic oxidation sites excluding steroid dienone is 3. The number of methoxy groups -OCH3 is 1. The zero-order valence-corrected chi connectivity index (χ0v) is 16.4. The maximum absolute atomic E-state index is 12.8. The van der Waals surface area contributed by atoms with Crippen LogP contribution in [-0.4, -0.2) is 42.0 Å². The van der Waals surface area contributed by atoms with E-state index in [1.807, 2.05) is 13.0 Å². The molecule has 0 aromatic carbocycles. The van der Waals surface area contributed by atoms with Crippen molar-refractivity contribution < 1.29 is 9.53 Å². The summed E-state index contributed by atoms with van der Waals surface area (Å²) in [7, 11) is 1.70. The first-order valence-corrected chi connectivity index (χ1v) is 9.41. The molecule has 0 aliphatic carbocycles. The van der Waals surface area contributed by atoms with Gasteiger partial charge in [-0.25, -0.2) is 0 Å². The second-order valence-corrected chi connectivity index (χ2v) is 6.73. The summed E-state index contributed by atoms with van der Waals surface area (Å²) >= 11 is 0. The van der Waals surface area contributed by atoms with Crippen LogP contribution in [0.4, 0.5) is 0 Å². The number of aromatic nitrogens is 1.